The molecule has 0 aromatic carbocycles. The predicted octanol–water partition coefficient (Wildman–Crippen LogP) is 1.45. The van der Waals surface area contributed by atoms with Crippen LogP contribution in [0.3, 0.4) is 0 Å². The number of hydrogen-bond acceptors (Lipinski definition) is 3. The maximum atomic E-state index is 12.4. The summed E-state index contributed by atoms with van der Waals surface area (Å²) >= 11 is 0. The van der Waals surface area contributed by atoms with Crippen molar-refractivity contribution < 1.29 is 14.7 Å². The smallest absolute Gasteiger partial charge is 0.309 e. The maximum absolute atomic E-state index is 12.4. The third-order valence-corrected chi connectivity index (χ3v) is 4.36. The van der Waals surface area contributed by atoms with Gasteiger partial charge in [-0.25, -0.2) is 0 Å². The number of nitrogens with zero attached hydrogens (tertiary/aromatic N) is 3. The molecular weight excluding hydrogens is 258 g/mol. The van der Waals surface area contributed by atoms with E-state index >= 15 is 0 Å². The number of piperidine rings is 1. The fraction of sp³-hybridized carbons (Fsp3) is 0.643. The van der Waals surface area contributed by atoms with Gasteiger partial charge in [0.05, 0.1) is 11.1 Å². The molecular formula is C14H21N3O3. The molecule has 1 fully saturated rings. The molecule has 2 rings (SSSR count). The van der Waals surface area contributed by atoms with Crippen molar-refractivity contribution in [2.24, 2.45) is 12.5 Å². The van der Waals surface area contributed by atoms with Gasteiger partial charge in [0.15, 0.2) is 0 Å². The lowest BCUT2D eigenvalue weighted by Gasteiger charge is -2.38. The Morgan fingerprint density at radius 1 is 1.40 bits per heavy atom. The van der Waals surface area contributed by atoms with Crippen molar-refractivity contribution in [3.63, 3.8) is 0 Å². The number of carbonyl (C=O) groups excluding carboxylic acids is 1. The first-order valence-corrected chi connectivity index (χ1v) is 6.93. The second-order valence-electron chi connectivity index (χ2n) is 5.53. The van der Waals surface area contributed by atoms with Gasteiger partial charge in [0.1, 0.15) is 5.69 Å². The molecule has 20 heavy (non-hydrogen) atoms. The molecule has 0 bridgehead atoms. The number of carboxylic acid groups (broad SMARTS) is 1. The number of aryl methyl sites for hydroxylation is 2. The lowest BCUT2D eigenvalue weighted by molar-refractivity contribution is -0.152. The molecule has 0 saturated carbocycles. The third kappa shape index (κ3) is 2.42. The number of likely N-dealkylation sites (tertiary alicyclic amines) is 1. The zero-order valence-corrected chi connectivity index (χ0v) is 12.2. The van der Waals surface area contributed by atoms with Crippen molar-refractivity contribution in [2.75, 3.05) is 13.1 Å². The van der Waals surface area contributed by atoms with Gasteiger partial charge in [-0.05, 0) is 32.3 Å². The van der Waals surface area contributed by atoms with Crippen molar-refractivity contribution in [2.45, 2.75) is 33.1 Å². The molecule has 110 valence electrons. The van der Waals surface area contributed by atoms with Crippen molar-refractivity contribution in [1.29, 1.82) is 0 Å². The lowest BCUT2D eigenvalue weighted by atomic mass is 9.76. The average molecular weight is 279 g/mol. The van der Waals surface area contributed by atoms with Crippen molar-refractivity contribution >= 4 is 11.9 Å². The first-order chi connectivity index (χ1) is 9.39. The Kier molecular flexibility index (Phi) is 3.83. The van der Waals surface area contributed by atoms with Crippen LogP contribution in [0.15, 0.2) is 6.07 Å². The van der Waals surface area contributed by atoms with Gasteiger partial charge in [-0.15, -0.1) is 0 Å². The van der Waals surface area contributed by atoms with Gasteiger partial charge < -0.3 is 10.0 Å². The van der Waals surface area contributed by atoms with E-state index in [9.17, 15) is 14.7 Å². The Balaban J connectivity index is 2.09. The summed E-state index contributed by atoms with van der Waals surface area (Å²) in [5.41, 5.74) is 0.696. The molecule has 0 radical (unpaired) electrons. The van der Waals surface area contributed by atoms with E-state index in [0.29, 0.717) is 38.0 Å². The molecule has 6 nitrogen and oxygen atoms in total. The molecule has 0 aliphatic carbocycles. The first-order valence-electron chi connectivity index (χ1n) is 6.93. The van der Waals surface area contributed by atoms with Gasteiger partial charge in [-0.1, -0.05) is 6.92 Å². The summed E-state index contributed by atoms with van der Waals surface area (Å²) in [6, 6.07) is 1.77. The minimum absolute atomic E-state index is 0.0665. The van der Waals surface area contributed by atoms with Gasteiger partial charge >= 0.3 is 5.97 Å². The van der Waals surface area contributed by atoms with E-state index in [1.165, 1.54) is 0 Å². The number of rotatable bonds is 3. The number of carboxylic acids is 1. The number of hydrogen-bond donors (Lipinski definition) is 1. The molecule has 1 aliphatic rings. The molecule has 1 aromatic rings. The molecule has 1 aliphatic heterocycles. The highest BCUT2D eigenvalue weighted by Crippen LogP contribution is 2.35. The molecule has 1 amide bonds. The Hall–Kier alpha value is -1.85. The van der Waals surface area contributed by atoms with Crippen molar-refractivity contribution in [1.82, 2.24) is 14.7 Å². The van der Waals surface area contributed by atoms with Crippen LogP contribution >= 0.6 is 0 Å². The van der Waals surface area contributed by atoms with Gasteiger partial charge in [-0.3, -0.25) is 14.3 Å². The number of aliphatic carboxylic acids is 1. The van der Waals surface area contributed by atoms with Crippen LogP contribution in [0.4, 0.5) is 0 Å². The fourth-order valence-corrected chi connectivity index (χ4v) is 2.83. The van der Waals surface area contributed by atoms with Gasteiger partial charge in [0, 0.05) is 20.1 Å². The van der Waals surface area contributed by atoms with E-state index in [1.807, 2.05) is 13.8 Å². The molecule has 1 N–H and O–H groups in total. The van der Waals surface area contributed by atoms with E-state index in [0.717, 1.165) is 5.69 Å². The molecule has 2 heterocycles. The zero-order valence-electron chi connectivity index (χ0n) is 12.2. The lowest BCUT2D eigenvalue weighted by Crippen LogP contribution is -2.46. The highest BCUT2D eigenvalue weighted by Gasteiger charge is 2.41. The zero-order chi connectivity index (χ0) is 14.9. The summed E-state index contributed by atoms with van der Waals surface area (Å²) in [6.07, 6.45) is 1.64. The van der Waals surface area contributed by atoms with Gasteiger partial charge in [0.25, 0.3) is 5.91 Å². The van der Waals surface area contributed by atoms with E-state index in [4.69, 9.17) is 0 Å². The standard InChI is InChI=1S/C14H21N3O3/c1-4-14(13(19)20)5-7-17(8-6-14)12(18)11-9-10(2)15-16(11)3/h9H,4-8H2,1-3H3,(H,19,20). The largest absolute Gasteiger partial charge is 0.481 e. The summed E-state index contributed by atoms with van der Waals surface area (Å²) in [7, 11) is 1.75. The topological polar surface area (TPSA) is 75.4 Å². The normalized spacial score (nSPS) is 18.1. The molecule has 1 aromatic heterocycles. The van der Waals surface area contributed by atoms with Crippen LogP contribution in [-0.4, -0.2) is 44.8 Å². The van der Waals surface area contributed by atoms with Crippen LogP contribution in [0.5, 0.6) is 0 Å². The van der Waals surface area contributed by atoms with Crippen LogP contribution in [0.2, 0.25) is 0 Å². The minimum atomic E-state index is -0.747. The Labute approximate surface area is 118 Å². The van der Waals surface area contributed by atoms with Crippen molar-refractivity contribution in [3.8, 4) is 0 Å². The average Bonchev–Trinajstić information content (AvgIpc) is 2.76. The summed E-state index contributed by atoms with van der Waals surface area (Å²) in [5, 5.41) is 13.5. The van der Waals surface area contributed by atoms with E-state index in [1.54, 1.807) is 22.7 Å². The van der Waals surface area contributed by atoms with Gasteiger partial charge in [0.2, 0.25) is 0 Å². The Morgan fingerprint density at radius 3 is 2.40 bits per heavy atom. The molecule has 0 spiro atoms. The fourth-order valence-electron chi connectivity index (χ4n) is 2.83. The Bertz CT molecular complexity index is 528. The summed E-state index contributed by atoms with van der Waals surface area (Å²) < 4.78 is 1.58. The van der Waals surface area contributed by atoms with Crippen LogP contribution in [0.1, 0.15) is 42.4 Å². The van der Waals surface area contributed by atoms with Crippen LogP contribution in [0.25, 0.3) is 0 Å². The highest BCUT2D eigenvalue weighted by atomic mass is 16.4. The highest BCUT2D eigenvalue weighted by molar-refractivity contribution is 5.93. The summed E-state index contributed by atoms with van der Waals surface area (Å²) in [4.78, 5) is 25.5. The predicted molar refractivity (Wildman–Crippen MR) is 73.4 cm³/mol. The summed E-state index contributed by atoms with van der Waals surface area (Å²) in [6.45, 7) is 4.72. The maximum Gasteiger partial charge on any atom is 0.309 e. The molecule has 6 heteroatoms. The number of carbonyl (C=O) groups is 2. The van der Waals surface area contributed by atoms with Crippen LogP contribution < -0.4 is 0 Å². The number of amides is 1. The van der Waals surface area contributed by atoms with E-state index in [2.05, 4.69) is 5.10 Å². The minimum Gasteiger partial charge on any atom is -0.481 e. The van der Waals surface area contributed by atoms with Gasteiger partial charge in [-0.2, -0.15) is 5.10 Å². The van der Waals surface area contributed by atoms with Crippen molar-refractivity contribution in [3.05, 3.63) is 17.5 Å². The first kappa shape index (κ1) is 14.6. The van der Waals surface area contributed by atoms with Crippen LogP contribution in [-0.2, 0) is 11.8 Å². The SMILES string of the molecule is CCC1(C(=O)O)CCN(C(=O)c2cc(C)nn2C)CC1. The second-order valence-corrected chi connectivity index (χ2v) is 5.53. The monoisotopic (exact) mass is 279 g/mol. The second kappa shape index (κ2) is 5.26. The third-order valence-electron chi connectivity index (χ3n) is 4.36. The molecule has 1 saturated heterocycles. The summed E-state index contributed by atoms with van der Waals surface area (Å²) in [5.74, 6) is -0.813. The Morgan fingerprint density at radius 2 is 2.00 bits per heavy atom. The van der Waals surface area contributed by atoms with E-state index in [-0.39, 0.29) is 5.91 Å². The molecule has 0 atom stereocenters. The number of aromatic nitrogens is 2. The quantitative estimate of drug-likeness (QED) is 0.908. The van der Waals surface area contributed by atoms with E-state index < -0.39 is 11.4 Å². The molecule has 0 unspecified atom stereocenters. The van der Waals surface area contributed by atoms with Crippen LogP contribution in [0, 0.1) is 12.3 Å².